The van der Waals surface area contributed by atoms with Crippen molar-refractivity contribution in [2.45, 2.75) is 19.0 Å². The number of hydrogen-bond donors (Lipinski definition) is 1. The van der Waals surface area contributed by atoms with E-state index in [1.807, 2.05) is 53.4 Å². The van der Waals surface area contributed by atoms with Crippen LogP contribution in [0.2, 0.25) is 0 Å². The van der Waals surface area contributed by atoms with Crippen LogP contribution in [-0.4, -0.2) is 47.9 Å². The number of rotatable bonds is 6. The number of nitrogens with one attached hydrogen (secondary N) is 1. The number of hydrogen-bond acceptors (Lipinski definition) is 4. The first-order chi connectivity index (χ1) is 14.2. The van der Waals surface area contributed by atoms with Crippen molar-refractivity contribution in [2.75, 3.05) is 31.6 Å². The molecule has 1 fully saturated rings. The SMILES string of the molecule is C=CCN1C(=O)c2ccccc2N[C@H]1c1ccccc1OCC(=O)N1CCCC1. The summed E-state index contributed by atoms with van der Waals surface area (Å²) in [6.07, 6.45) is 3.40. The molecule has 0 aliphatic carbocycles. The smallest absolute Gasteiger partial charge is 0.260 e. The van der Waals surface area contributed by atoms with Gasteiger partial charge in [-0.05, 0) is 31.0 Å². The van der Waals surface area contributed by atoms with Crippen LogP contribution in [-0.2, 0) is 4.79 Å². The van der Waals surface area contributed by atoms with Crippen LogP contribution in [0.15, 0.2) is 61.2 Å². The standard InChI is InChI=1S/C23H25N3O3/c1-2-13-26-22(24-19-11-5-3-9-17(19)23(26)28)18-10-4-6-12-20(18)29-16-21(27)25-14-7-8-15-25/h2-6,9-12,22,24H,1,7-8,13-16H2/t22-/m1/s1. The minimum atomic E-state index is -0.409. The highest BCUT2D eigenvalue weighted by molar-refractivity contribution is 6.01. The molecular weight excluding hydrogens is 366 g/mol. The van der Waals surface area contributed by atoms with E-state index in [0.717, 1.165) is 37.2 Å². The van der Waals surface area contributed by atoms with Gasteiger partial charge in [0.05, 0.1) is 5.56 Å². The van der Waals surface area contributed by atoms with E-state index in [9.17, 15) is 9.59 Å². The second-order valence-electron chi connectivity index (χ2n) is 7.25. The number of carbonyl (C=O) groups is 2. The van der Waals surface area contributed by atoms with E-state index < -0.39 is 6.17 Å². The van der Waals surface area contributed by atoms with Crippen LogP contribution in [0.25, 0.3) is 0 Å². The van der Waals surface area contributed by atoms with Gasteiger partial charge >= 0.3 is 0 Å². The first-order valence-corrected chi connectivity index (χ1v) is 9.96. The number of nitrogens with zero attached hydrogens (tertiary/aromatic N) is 2. The van der Waals surface area contributed by atoms with Gasteiger partial charge in [-0.2, -0.15) is 0 Å². The van der Waals surface area contributed by atoms with Crippen LogP contribution in [0.5, 0.6) is 5.75 Å². The van der Waals surface area contributed by atoms with Crippen molar-refractivity contribution in [1.29, 1.82) is 0 Å². The number of benzene rings is 2. The molecule has 2 aliphatic rings. The summed E-state index contributed by atoms with van der Waals surface area (Å²) in [6, 6.07) is 15.0. The Hall–Kier alpha value is -3.28. The van der Waals surface area contributed by atoms with E-state index in [1.165, 1.54) is 0 Å². The molecule has 2 aromatic rings. The van der Waals surface area contributed by atoms with Crippen LogP contribution in [0.3, 0.4) is 0 Å². The average Bonchev–Trinajstić information content (AvgIpc) is 3.29. The summed E-state index contributed by atoms with van der Waals surface area (Å²) in [5, 5.41) is 3.44. The zero-order valence-electron chi connectivity index (χ0n) is 16.3. The third kappa shape index (κ3) is 3.83. The molecule has 2 amide bonds. The molecule has 150 valence electrons. The van der Waals surface area contributed by atoms with Crippen LogP contribution in [0.4, 0.5) is 5.69 Å². The second kappa shape index (κ2) is 8.39. The van der Waals surface area contributed by atoms with E-state index in [1.54, 1.807) is 11.0 Å². The highest BCUT2D eigenvalue weighted by Gasteiger charge is 2.33. The number of fused-ring (bicyclic) bond motifs is 1. The van der Waals surface area contributed by atoms with E-state index in [-0.39, 0.29) is 18.4 Å². The molecule has 1 N–H and O–H groups in total. The summed E-state index contributed by atoms with van der Waals surface area (Å²) in [4.78, 5) is 29.0. The Balaban J connectivity index is 1.60. The molecule has 4 rings (SSSR count). The van der Waals surface area contributed by atoms with Crippen molar-refractivity contribution in [3.05, 3.63) is 72.3 Å². The number of para-hydroxylation sites is 2. The molecule has 1 saturated heterocycles. The van der Waals surface area contributed by atoms with Gasteiger partial charge in [0.15, 0.2) is 6.61 Å². The number of carbonyl (C=O) groups excluding carboxylic acids is 2. The third-order valence-corrected chi connectivity index (χ3v) is 5.37. The number of ether oxygens (including phenoxy) is 1. The summed E-state index contributed by atoms with van der Waals surface area (Å²) in [5.74, 6) is 0.532. The average molecular weight is 391 g/mol. The van der Waals surface area contributed by atoms with Gasteiger partial charge in [-0.25, -0.2) is 0 Å². The van der Waals surface area contributed by atoms with Crippen LogP contribution < -0.4 is 10.1 Å². The lowest BCUT2D eigenvalue weighted by molar-refractivity contribution is -0.132. The maximum Gasteiger partial charge on any atom is 0.260 e. The molecule has 6 nitrogen and oxygen atoms in total. The van der Waals surface area contributed by atoms with Crippen molar-refractivity contribution < 1.29 is 14.3 Å². The van der Waals surface area contributed by atoms with Crippen molar-refractivity contribution in [1.82, 2.24) is 9.80 Å². The molecule has 2 aliphatic heterocycles. The molecule has 0 aromatic heterocycles. The fraction of sp³-hybridized carbons (Fsp3) is 0.304. The Morgan fingerprint density at radius 3 is 2.66 bits per heavy atom. The molecule has 0 bridgehead atoms. The molecule has 0 saturated carbocycles. The third-order valence-electron chi connectivity index (χ3n) is 5.37. The van der Waals surface area contributed by atoms with Crippen LogP contribution in [0, 0.1) is 0 Å². The van der Waals surface area contributed by atoms with E-state index in [2.05, 4.69) is 11.9 Å². The lowest BCUT2D eigenvalue weighted by atomic mass is 10.0. The number of anilines is 1. The van der Waals surface area contributed by atoms with E-state index in [4.69, 9.17) is 4.74 Å². The molecule has 2 heterocycles. The van der Waals surface area contributed by atoms with Gasteiger partial charge in [0.2, 0.25) is 0 Å². The van der Waals surface area contributed by atoms with Crippen LogP contribution >= 0.6 is 0 Å². The highest BCUT2D eigenvalue weighted by atomic mass is 16.5. The van der Waals surface area contributed by atoms with Gasteiger partial charge in [0.1, 0.15) is 11.9 Å². The minimum Gasteiger partial charge on any atom is -0.483 e. The molecule has 6 heteroatoms. The topological polar surface area (TPSA) is 61.9 Å². The Morgan fingerprint density at radius 2 is 1.86 bits per heavy atom. The number of likely N-dealkylation sites (tertiary alicyclic amines) is 1. The summed E-state index contributed by atoms with van der Waals surface area (Å²) in [6.45, 7) is 5.78. The molecule has 0 radical (unpaired) electrons. The lowest BCUT2D eigenvalue weighted by Crippen LogP contribution is -2.43. The maximum absolute atomic E-state index is 13.1. The fourth-order valence-corrected chi connectivity index (χ4v) is 3.90. The summed E-state index contributed by atoms with van der Waals surface area (Å²) >= 11 is 0. The second-order valence-corrected chi connectivity index (χ2v) is 7.25. The Labute approximate surface area is 170 Å². The molecule has 29 heavy (non-hydrogen) atoms. The van der Waals surface area contributed by atoms with Crippen molar-refractivity contribution in [2.24, 2.45) is 0 Å². The molecular formula is C23H25N3O3. The monoisotopic (exact) mass is 391 g/mol. The Morgan fingerprint density at radius 1 is 1.14 bits per heavy atom. The Bertz CT molecular complexity index is 921. The first-order valence-electron chi connectivity index (χ1n) is 9.96. The zero-order chi connectivity index (χ0) is 20.2. The zero-order valence-corrected chi connectivity index (χ0v) is 16.3. The molecule has 2 aromatic carbocycles. The Kier molecular flexibility index (Phi) is 5.51. The normalized spacial score (nSPS) is 18.2. The summed E-state index contributed by atoms with van der Waals surface area (Å²) in [5.41, 5.74) is 2.23. The molecule has 0 spiro atoms. The van der Waals surface area contributed by atoms with Crippen molar-refractivity contribution in [3.8, 4) is 5.75 Å². The minimum absolute atomic E-state index is 0.00160. The molecule has 1 atom stereocenters. The van der Waals surface area contributed by atoms with Gasteiger partial charge < -0.3 is 19.9 Å². The first kappa shape index (κ1) is 19.1. The summed E-state index contributed by atoms with van der Waals surface area (Å²) in [7, 11) is 0. The van der Waals surface area contributed by atoms with Gasteiger partial charge in [0, 0.05) is 30.9 Å². The summed E-state index contributed by atoms with van der Waals surface area (Å²) < 4.78 is 5.92. The van der Waals surface area contributed by atoms with Gasteiger partial charge in [0.25, 0.3) is 11.8 Å². The largest absolute Gasteiger partial charge is 0.483 e. The van der Waals surface area contributed by atoms with Crippen molar-refractivity contribution in [3.63, 3.8) is 0 Å². The highest BCUT2D eigenvalue weighted by Crippen LogP contribution is 2.36. The quantitative estimate of drug-likeness (QED) is 0.767. The number of amides is 2. The predicted molar refractivity (Wildman–Crippen MR) is 112 cm³/mol. The fourth-order valence-electron chi connectivity index (χ4n) is 3.90. The van der Waals surface area contributed by atoms with Gasteiger partial charge in [-0.3, -0.25) is 9.59 Å². The predicted octanol–water partition coefficient (Wildman–Crippen LogP) is 3.44. The maximum atomic E-state index is 13.1. The van der Waals surface area contributed by atoms with Gasteiger partial charge in [-0.1, -0.05) is 36.4 Å². The van der Waals surface area contributed by atoms with E-state index in [0.29, 0.717) is 17.9 Å². The van der Waals surface area contributed by atoms with Crippen LogP contribution in [0.1, 0.15) is 34.9 Å². The lowest BCUT2D eigenvalue weighted by Gasteiger charge is -2.38. The van der Waals surface area contributed by atoms with E-state index >= 15 is 0 Å². The molecule has 0 unspecified atom stereocenters. The van der Waals surface area contributed by atoms with Crippen molar-refractivity contribution >= 4 is 17.5 Å². The van der Waals surface area contributed by atoms with Gasteiger partial charge in [-0.15, -0.1) is 6.58 Å².